The number of nitrogens with zero attached hydrogens (tertiary/aromatic N) is 3. The normalized spacial score (nSPS) is 15.3. The maximum absolute atomic E-state index is 11.0. The molecule has 7 heteroatoms. The van der Waals surface area contributed by atoms with Crippen LogP contribution in [-0.2, 0) is 4.79 Å². The highest BCUT2D eigenvalue weighted by Crippen LogP contribution is 2.25. The molecule has 6 nitrogen and oxygen atoms in total. The van der Waals surface area contributed by atoms with Crippen molar-refractivity contribution in [1.82, 2.24) is 9.97 Å². The number of nitrogens with one attached hydrogen (secondary N) is 1. The van der Waals surface area contributed by atoms with Crippen molar-refractivity contribution in [1.29, 1.82) is 0 Å². The van der Waals surface area contributed by atoms with E-state index in [1.54, 1.807) is 6.20 Å². The molecule has 0 aliphatic carbocycles. The van der Waals surface area contributed by atoms with E-state index in [9.17, 15) is 4.79 Å². The third kappa shape index (κ3) is 3.76. The SMILES string of the molecule is Cc1ccc(Cl)cc1Nc1nccc(N2CCC(C(=O)O)CC2)n1. The number of carboxylic acid groups (broad SMARTS) is 1. The molecule has 0 atom stereocenters. The van der Waals surface area contributed by atoms with Crippen LogP contribution in [0.5, 0.6) is 0 Å². The first kappa shape index (κ1) is 16.5. The molecule has 2 heterocycles. The van der Waals surface area contributed by atoms with Crippen molar-refractivity contribution in [3.05, 3.63) is 41.0 Å². The van der Waals surface area contributed by atoms with Crippen molar-refractivity contribution in [2.75, 3.05) is 23.3 Å². The first-order chi connectivity index (χ1) is 11.5. The highest BCUT2D eigenvalue weighted by Gasteiger charge is 2.25. The van der Waals surface area contributed by atoms with Gasteiger partial charge in [0.25, 0.3) is 0 Å². The van der Waals surface area contributed by atoms with Crippen LogP contribution in [0.15, 0.2) is 30.5 Å². The summed E-state index contributed by atoms with van der Waals surface area (Å²) in [5, 5.41) is 12.9. The summed E-state index contributed by atoms with van der Waals surface area (Å²) in [7, 11) is 0. The molecule has 0 saturated carbocycles. The summed E-state index contributed by atoms with van der Waals surface area (Å²) >= 11 is 6.04. The zero-order chi connectivity index (χ0) is 17.1. The number of anilines is 3. The van der Waals surface area contributed by atoms with Gasteiger partial charge in [0.05, 0.1) is 5.92 Å². The topological polar surface area (TPSA) is 78.4 Å². The standard InChI is InChI=1S/C17H19ClN4O2/c1-11-2-3-13(18)10-14(11)20-17-19-7-4-15(21-17)22-8-5-12(6-9-22)16(23)24/h2-4,7,10,12H,5-6,8-9H2,1H3,(H,23,24)(H,19,20,21). The zero-order valence-electron chi connectivity index (χ0n) is 13.4. The molecule has 0 unspecified atom stereocenters. The minimum absolute atomic E-state index is 0.255. The predicted molar refractivity (Wildman–Crippen MR) is 94.1 cm³/mol. The van der Waals surface area contributed by atoms with E-state index in [1.807, 2.05) is 31.2 Å². The minimum Gasteiger partial charge on any atom is -0.481 e. The van der Waals surface area contributed by atoms with Crippen molar-refractivity contribution in [2.45, 2.75) is 19.8 Å². The Morgan fingerprint density at radius 2 is 2.08 bits per heavy atom. The van der Waals surface area contributed by atoms with Crippen LogP contribution < -0.4 is 10.2 Å². The summed E-state index contributed by atoms with van der Waals surface area (Å²) in [5.41, 5.74) is 1.92. The average Bonchev–Trinajstić information content (AvgIpc) is 2.58. The van der Waals surface area contributed by atoms with Gasteiger partial charge in [0.15, 0.2) is 0 Å². The number of carbonyl (C=O) groups is 1. The molecule has 126 valence electrons. The van der Waals surface area contributed by atoms with Crippen LogP contribution in [0, 0.1) is 12.8 Å². The van der Waals surface area contributed by atoms with Gasteiger partial charge in [-0.05, 0) is 43.5 Å². The van der Waals surface area contributed by atoms with Gasteiger partial charge in [0.2, 0.25) is 5.95 Å². The first-order valence-corrected chi connectivity index (χ1v) is 8.24. The molecular formula is C17H19ClN4O2. The Bertz CT molecular complexity index is 745. The van der Waals surface area contributed by atoms with E-state index in [-0.39, 0.29) is 5.92 Å². The van der Waals surface area contributed by atoms with Crippen molar-refractivity contribution < 1.29 is 9.90 Å². The number of benzene rings is 1. The summed E-state index contributed by atoms with van der Waals surface area (Å²) < 4.78 is 0. The fourth-order valence-electron chi connectivity index (χ4n) is 2.79. The van der Waals surface area contributed by atoms with Crippen LogP contribution in [0.3, 0.4) is 0 Å². The second-order valence-corrected chi connectivity index (χ2v) is 6.36. The lowest BCUT2D eigenvalue weighted by Crippen LogP contribution is -2.36. The minimum atomic E-state index is -0.712. The molecule has 0 bridgehead atoms. The average molecular weight is 347 g/mol. The molecule has 3 rings (SSSR count). The number of hydrogen-bond acceptors (Lipinski definition) is 5. The van der Waals surface area contributed by atoms with Crippen molar-refractivity contribution in [3.63, 3.8) is 0 Å². The molecular weight excluding hydrogens is 328 g/mol. The lowest BCUT2D eigenvalue weighted by atomic mass is 9.97. The predicted octanol–water partition coefficient (Wildman–Crippen LogP) is 3.48. The van der Waals surface area contributed by atoms with Crippen LogP contribution in [0.25, 0.3) is 0 Å². The second-order valence-electron chi connectivity index (χ2n) is 5.92. The molecule has 1 saturated heterocycles. The smallest absolute Gasteiger partial charge is 0.306 e. The lowest BCUT2D eigenvalue weighted by Gasteiger charge is -2.31. The number of aromatic nitrogens is 2. The van der Waals surface area contributed by atoms with Crippen LogP contribution in [0.4, 0.5) is 17.5 Å². The Morgan fingerprint density at radius 1 is 1.33 bits per heavy atom. The molecule has 1 fully saturated rings. The Balaban J connectivity index is 1.73. The van der Waals surface area contributed by atoms with E-state index in [4.69, 9.17) is 16.7 Å². The first-order valence-electron chi connectivity index (χ1n) is 7.87. The van der Waals surface area contributed by atoms with Crippen molar-refractivity contribution in [2.24, 2.45) is 5.92 Å². The Hall–Kier alpha value is -2.34. The maximum atomic E-state index is 11.0. The summed E-state index contributed by atoms with van der Waals surface area (Å²) in [4.78, 5) is 21.9. The lowest BCUT2D eigenvalue weighted by molar-refractivity contribution is -0.142. The fraction of sp³-hybridized carbons (Fsp3) is 0.353. The second kappa shape index (κ2) is 7.05. The van der Waals surface area contributed by atoms with Gasteiger partial charge in [-0.25, -0.2) is 4.98 Å². The van der Waals surface area contributed by atoms with Crippen LogP contribution in [0.1, 0.15) is 18.4 Å². The highest BCUT2D eigenvalue weighted by molar-refractivity contribution is 6.30. The molecule has 0 spiro atoms. The monoisotopic (exact) mass is 346 g/mol. The molecule has 2 aromatic rings. The maximum Gasteiger partial charge on any atom is 0.306 e. The Kier molecular flexibility index (Phi) is 4.85. The molecule has 24 heavy (non-hydrogen) atoms. The van der Waals surface area contributed by atoms with E-state index in [0.29, 0.717) is 36.9 Å². The Morgan fingerprint density at radius 3 is 2.79 bits per heavy atom. The largest absolute Gasteiger partial charge is 0.481 e. The summed E-state index contributed by atoms with van der Waals surface area (Å²) in [5.74, 6) is 0.333. The van der Waals surface area contributed by atoms with E-state index in [1.165, 1.54) is 0 Å². The number of piperidine rings is 1. The number of halogens is 1. The zero-order valence-corrected chi connectivity index (χ0v) is 14.1. The number of aliphatic carboxylic acids is 1. The fourth-order valence-corrected chi connectivity index (χ4v) is 2.96. The van der Waals surface area contributed by atoms with Gasteiger partial charge in [-0.2, -0.15) is 4.98 Å². The van der Waals surface area contributed by atoms with Gasteiger partial charge in [0.1, 0.15) is 5.82 Å². The van der Waals surface area contributed by atoms with E-state index < -0.39 is 5.97 Å². The van der Waals surface area contributed by atoms with Gasteiger partial charge in [-0.15, -0.1) is 0 Å². The number of aryl methyl sites for hydroxylation is 1. The molecule has 1 aromatic carbocycles. The van der Waals surface area contributed by atoms with Gasteiger partial charge >= 0.3 is 5.97 Å². The van der Waals surface area contributed by atoms with Crippen LogP contribution in [-0.4, -0.2) is 34.1 Å². The Labute approximate surface area is 145 Å². The molecule has 0 amide bonds. The van der Waals surface area contributed by atoms with Gasteiger partial charge in [-0.3, -0.25) is 4.79 Å². The summed E-state index contributed by atoms with van der Waals surface area (Å²) in [6, 6.07) is 7.46. The number of carboxylic acids is 1. The molecule has 1 aliphatic rings. The quantitative estimate of drug-likeness (QED) is 0.882. The summed E-state index contributed by atoms with van der Waals surface area (Å²) in [6.45, 7) is 3.35. The van der Waals surface area contributed by atoms with Gasteiger partial charge < -0.3 is 15.3 Å². The van der Waals surface area contributed by atoms with E-state index in [0.717, 1.165) is 17.1 Å². The molecule has 1 aromatic heterocycles. The van der Waals surface area contributed by atoms with Crippen LogP contribution in [0.2, 0.25) is 5.02 Å². The highest BCUT2D eigenvalue weighted by atomic mass is 35.5. The van der Waals surface area contributed by atoms with Crippen molar-refractivity contribution in [3.8, 4) is 0 Å². The molecule has 0 radical (unpaired) electrons. The third-order valence-electron chi connectivity index (χ3n) is 4.26. The molecule has 1 aliphatic heterocycles. The molecule has 2 N–H and O–H groups in total. The summed E-state index contributed by atoms with van der Waals surface area (Å²) in [6.07, 6.45) is 2.97. The third-order valence-corrected chi connectivity index (χ3v) is 4.49. The van der Waals surface area contributed by atoms with E-state index in [2.05, 4.69) is 20.2 Å². The van der Waals surface area contributed by atoms with Crippen molar-refractivity contribution >= 4 is 35.0 Å². The van der Waals surface area contributed by atoms with E-state index >= 15 is 0 Å². The number of rotatable bonds is 4. The number of hydrogen-bond donors (Lipinski definition) is 2. The van der Waals surface area contributed by atoms with Gasteiger partial charge in [0, 0.05) is 30.0 Å². The van der Waals surface area contributed by atoms with Crippen LogP contribution >= 0.6 is 11.6 Å². The van der Waals surface area contributed by atoms with Gasteiger partial charge in [-0.1, -0.05) is 17.7 Å².